The second-order valence-corrected chi connectivity index (χ2v) is 14.8. The van der Waals surface area contributed by atoms with Crippen molar-refractivity contribution in [2.75, 3.05) is 0 Å². The summed E-state index contributed by atoms with van der Waals surface area (Å²) in [5, 5.41) is 14.7. The fourth-order valence-electron chi connectivity index (χ4n) is 7.18. The SMILES string of the molecule is Cc1cc(C)c(N=Cc2ccc(C=Nc3c(C)cc(C)cc3C)o2)c(C)c1.Cc1nn(C(C)(n2nc(C)c(C)c2C)n2nc(C)c(C)c2C)c(C)c1C. The summed E-state index contributed by atoms with van der Waals surface area (Å²) >= 11 is 0. The second kappa shape index (κ2) is 15.0. The summed E-state index contributed by atoms with van der Waals surface area (Å²) in [5.41, 5.74) is 19.3. The molecule has 0 saturated carbocycles. The summed E-state index contributed by atoms with van der Waals surface area (Å²) in [4.78, 5) is 9.25. The number of aryl methyl sites for hydroxylation is 9. The van der Waals surface area contributed by atoms with Crippen molar-refractivity contribution in [1.82, 2.24) is 29.3 Å². The van der Waals surface area contributed by atoms with Crippen molar-refractivity contribution >= 4 is 23.8 Å². The van der Waals surface area contributed by atoms with Crippen LogP contribution in [0.1, 0.15) is 103 Å². The molecule has 0 unspecified atom stereocenters. The Hall–Kier alpha value is -5.31. The Labute approximate surface area is 315 Å². The van der Waals surface area contributed by atoms with Crippen LogP contribution in [0.15, 0.2) is 50.8 Å². The fourth-order valence-corrected chi connectivity index (χ4v) is 7.18. The topological polar surface area (TPSA) is 91.3 Å². The Bertz CT molecular complexity index is 2120. The Balaban J connectivity index is 0.000000204. The minimum absolute atomic E-state index is 0.699. The third-order valence-electron chi connectivity index (χ3n) is 10.7. The Morgan fingerprint density at radius 2 is 0.774 bits per heavy atom. The van der Waals surface area contributed by atoms with E-state index in [-0.39, 0.29) is 0 Å². The molecule has 53 heavy (non-hydrogen) atoms. The van der Waals surface area contributed by atoms with E-state index in [1.54, 1.807) is 12.4 Å². The van der Waals surface area contributed by atoms with Crippen LogP contribution in [0.2, 0.25) is 0 Å². The minimum atomic E-state index is -0.699. The first-order valence-electron chi connectivity index (χ1n) is 18.3. The van der Waals surface area contributed by atoms with Crippen LogP contribution in [0.4, 0.5) is 11.4 Å². The second-order valence-electron chi connectivity index (χ2n) is 14.8. The summed E-state index contributed by atoms with van der Waals surface area (Å²) in [6.07, 6.45) is 3.54. The van der Waals surface area contributed by atoms with Crippen molar-refractivity contribution in [3.05, 3.63) is 132 Å². The summed E-state index contributed by atoms with van der Waals surface area (Å²) in [5.74, 6) is 0.733. The zero-order valence-corrected chi connectivity index (χ0v) is 34.6. The fraction of sp³-hybridized carbons (Fsp3) is 0.386. The molecule has 6 rings (SSSR count). The van der Waals surface area contributed by atoms with Crippen LogP contribution in [0.25, 0.3) is 0 Å². The van der Waals surface area contributed by atoms with Crippen LogP contribution < -0.4 is 0 Å². The van der Waals surface area contributed by atoms with E-state index in [0.717, 1.165) is 45.5 Å². The van der Waals surface area contributed by atoms with Gasteiger partial charge < -0.3 is 4.42 Å². The standard InChI is InChI=1S/C24H26N2O.C20H30N6/c1-15-9-17(3)23(18(4)10-15)25-13-21-7-8-22(27-21)14-26-24-19(5)11-16(2)12-20(24)6;1-11-14(4)21-24(17(11)7)20(10,25-18(8)12(2)15(5)22-25)26-19(9)13(3)16(6)23-26/h7-14H,1-6H3;1-10H3. The Morgan fingerprint density at radius 1 is 0.491 bits per heavy atom. The van der Waals surface area contributed by atoms with Crippen molar-refractivity contribution in [3.63, 3.8) is 0 Å². The highest BCUT2D eigenvalue weighted by molar-refractivity contribution is 5.84. The lowest BCUT2D eigenvalue weighted by Gasteiger charge is -2.34. The molecule has 0 bridgehead atoms. The third-order valence-corrected chi connectivity index (χ3v) is 10.7. The highest BCUT2D eigenvalue weighted by Crippen LogP contribution is 2.31. The lowest BCUT2D eigenvalue weighted by atomic mass is 10.1. The molecule has 0 saturated heterocycles. The van der Waals surface area contributed by atoms with Crippen LogP contribution in [0.5, 0.6) is 0 Å². The lowest BCUT2D eigenvalue weighted by Crippen LogP contribution is -2.49. The number of hydrogen-bond acceptors (Lipinski definition) is 6. The predicted molar refractivity (Wildman–Crippen MR) is 218 cm³/mol. The van der Waals surface area contributed by atoms with E-state index in [4.69, 9.17) is 19.7 Å². The maximum Gasteiger partial charge on any atom is 0.246 e. The molecule has 0 fully saturated rings. The molecule has 0 aliphatic rings. The van der Waals surface area contributed by atoms with Crippen molar-refractivity contribution in [2.45, 2.75) is 117 Å². The first kappa shape index (κ1) is 38.9. The summed E-state index contributed by atoms with van der Waals surface area (Å²) in [6.45, 7) is 33.5. The van der Waals surface area contributed by atoms with Crippen molar-refractivity contribution in [1.29, 1.82) is 0 Å². The molecule has 0 spiro atoms. The third kappa shape index (κ3) is 7.48. The maximum absolute atomic E-state index is 5.84. The number of rotatable bonds is 7. The predicted octanol–water partition coefficient (Wildman–Crippen LogP) is 10.4. The summed E-state index contributed by atoms with van der Waals surface area (Å²) in [7, 11) is 0. The molecule has 4 heterocycles. The molecule has 4 aromatic heterocycles. The van der Waals surface area contributed by atoms with Gasteiger partial charge in [-0.15, -0.1) is 0 Å². The zero-order valence-electron chi connectivity index (χ0n) is 34.6. The number of aromatic nitrogens is 6. The molecule has 0 N–H and O–H groups in total. The van der Waals surface area contributed by atoms with Gasteiger partial charge in [0.1, 0.15) is 11.5 Å². The monoisotopic (exact) mass is 712 g/mol. The molecule has 2 aromatic carbocycles. The molecule has 0 aliphatic carbocycles. The zero-order chi connectivity index (χ0) is 39.1. The molecule has 6 aromatic rings. The van der Waals surface area contributed by atoms with Crippen LogP contribution >= 0.6 is 0 Å². The first-order chi connectivity index (χ1) is 24.8. The van der Waals surface area contributed by atoms with Gasteiger partial charge in [0, 0.05) is 24.0 Å². The Kier molecular flexibility index (Phi) is 11.0. The number of furan rings is 1. The van der Waals surface area contributed by atoms with Crippen molar-refractivity contribution < 1.29 is 4.42 Å². The van der Waals surface area contributed by atoms with E-state index < -0.39 is 5.79 Å². The molecule has 0 aliphatic heterocycles. The van der Waals surface area contributed by atoms with E-state index in [1.165, 1.54) is 50.1 Å². The van der Waals surface area contributed by atoms with Crippen LogP contribution in [-0.2, 0) is 5.79 Å². The van der Waals surface area contributed by atoms with Crippen molar-refractivity contribution in [2.24, 2.45) is 9.98 Å². The van der Waals surface area contributed by atoms with Gasteiger partial charge in [0.05, 0.1) is 40.9 Å². The van der Waals surface area contributed by atoms with Crippen LogP contribution in [0, 0.1) is 104 Å². The van der Waals surface area contributed by atoms with Gasteiger partial charge >= 0.3 is 0 Å². The minimum Gasteiger partial charge on any atom is -0.454 e. The van der Waals surface area contributed by atoms with E-state index in [9.17, 15) is 0 Å². The largest absolute Gasteiger partial charge is 0.454 e. The average molecular weight is 713 g/mol. The van der Waals surface area contributed by atoms with E-state index in [0.29, 0.717) is 11.5 Å². The molecule has 9 heteroatoms. The molecule has 0 amide bonds. The van der Waals surface area contributed by atoms with E-state index in [1.807, 2.05) is 12.1 Å². The van der Waals surface area contributed by atoms with Gasteiger partial charge in [0.25, 0.3) is 0 Å². The number of aliphatic imine (C=N–C) groups is 2. The molecule has 0 atom stereocenters. The quantitative estimate of drug-likeness (QED) is 0.154. The normalized spacial score (nSPS) is 12.0. The summed E-state index contributed by atoms with van der Waals surface area (Å²) in [6, 6.07) is 12.4. The van der Waals surface area contributed by atoms with Gasteiger partial charge in [-0.1, -0.05) is 35.4 Å². The smallest absolute Gasteiger partial charge is 0.246 e. The van der Waals surface area contributed by atoms with Gasteiger partial charge in [0.15, 0.2) is 0 Å². The first-order valence-corrected chi connectivity index (χ1v) is 18.3. The highest BCUT2D eigenvalue weighted by atomic mass is 16.3. The number of benzene rings is 2. The lowest BCUT2D eigenvalue weighted by molar-refractivity contribution is 0.130. The molecular weight excluding hydrogens is 657 g/mol. The molecule has 0 radical (unpaired) electrons. The van der Waals surface area contributed by atoms with Gasteiger partial charge in [-0.25, -0.2) is 14.0 Å². The van der Waals surface area contributed by atoms with E-state index >= 15 is 0 Å². The van der Waals surface area contributed by atoms with Crippen LogP contribution in [-0.4, -0.2) is 41.8 Å². The molecule has 9 nitrogen and oxygen atoms in total. The maximum atomic E-state index is 5.84. The average Bonchev–Trinajstić information content (AvgIpc) is 3.80. The highest BCUT2D eigenvalue weighted by Gasteiger charge is 2.39. The van der Waals surface area contributed by atoms with Gasteiger partial charge in [0.2, 0.25) is 5.79 Å². The molecule has 278 valence electrons. The number of nitrogens with zero attached hydrogens (tertiary/aromatic N) is 8. The van der Waals surface area contributed by atoms with Gasteiger partial charge in [-0.3, -0.25) is 9.98 Å². The van der Waals surface area contributed by atoms with Crippen LogP contribution in [0.3, 0.4) is 0 Å². The van der Waals surface area contributed by atoms with Crippen molar-refractivity contribution in [3.8, 4) is 0 Å². The summed E-state index contributed by atoms with van der Waals surface area (Å²) < 4.78 is 12.0. The Morgan fingerprint density at radius 3 is 1.02 bits per heavy atom. The number of hydrogen-bond donors (Lipinski definition) is 0. The van der Waals surface area contributed by atoms with Gasteiger partial charge in [-0.2, -0.15) is 15.3 Å². The van der Waals surface area contributed by atoms with E-state index in [2.05, 4.69) is 159 Å². The molecular formula is C44H56N8O. The van der Waals surface area contributed by atoms with Gasteiger partial charge in [-0.05, 0) is 155 Å².